The van der Waals surface area contributed by atoms with E-state index in [1.54, 1.807) is 11.0 Å². The molecule has 2 aliphatic rings. The van der Waals surface area contributed by atoms with Crippen molar-refractivity contribution in [1.29, 1.82) is 5.26 Å². The lowest BCUT2D eigenvalue weighted by Gasteiger charge is -2.24. The van der Waals surface area contributed by atoms with Crippen molar-refractivity contribution in [2.75, 3.05) is 13.2 Å². The number of carboxylic acids is 2. The van der Waals surface area contributed by atoms with Gasteiger partial charge in [-0.1, -0.05) is 0 Å². The number of benzene rings is 1. The average molecular weight is 536 g/mol. The summed E-state index contributed by atoms with van der Waals surface area (Å²) in [6.07, 6.45) is -1.92. The van der Waals surface area contributed by atoms with Gasteiger partial charge >= 0.3 is 18.1 Å². The molecule has 3 N–H and O–H groups in total. The summed E-state index contributed by atoms with van der Waals surface area (Å²) in [5.74, 6) is -3.18. The van der Waals surface area contributed by atoms with Crippen LogP contribution in [0.15, 0.2) is 22.7 Å². The van der Waals surface area contributed by atoms with Crippen molar-refractivity contribution in [3.05, 3.63) is 28.2 Å². The number of nitrogens with zero attached hydrogens (tertiary/aromatic N) is 2. The van der Waals surface area contributed by atoms with E-state index in [4.69, 9.17) is 25.0 Å². The first kappa shape index (κ1) is 26.4. The van der Waals surface area contributed by atoms with Gasteiger partial charge in [-0.3, -0.25) is 10.1 Å². The SMILES string of the molecule is N#C[C@@H]1CCCN1C(=O)[C@@H]1CC[C@H](COc2ccc(C(=O)O)cc2Br)N1.O=C(O)C(F)(F)F. The van der Waals surface area contributed by atoms with Gasteiger partial charge in [-0.25, -0.2) is 9.59 Å². The predicted octanol–water partition coefficient (Wildman–Crippen LogP) is 2.79. The lowest BCUT2D eigenvalue weighted by molar-refractivity contribution is -0.192. The van der Waals surface area contributed by atoms with Crippen LogP contribution in [0.5, 0.6) is 5.75 Å². The highest BCUT2D eigenvalue weighted by molar-refractivity contribution is 9.10. The molecule has 1 amide bonds. The summed E-state index contributed by atoms with van der Waals surface area (Å²) < 4.78 is 38.1. The number of alkyl halides is 3. The Balaban J connectivity index is 0.000000479. The predicted molar refractivity (Wildman–Crippen MR) is 111 cm³/mol. The van der Waals surface area contributed by atoms with E-state index in [0.717, 1.165) is 25.7 Å². The quantitative estimate of drug-likeness (QED) is 0.522. The van der Waals surface area contributed by atoms with E-state index >= 15 is 0 Å². The number of ether oxygens (including phenoxy) is 1. The Hall–Kier alpha value is -2.85. The number of hydrogen-bond acceptors (Lipinski definition) is 6. The number of halogens is 4. The lowest BCUT2D eigenvalue weighted by atomic mass is 10.1. The first-order valence-electron chi connectivity index (χ1n) is 9.86. The zero-order chi connectivity index (χ0) is 24.8. The van der Waals surface area contributed by atoms with Crippen molar-refractivity contribution in [1.82, 2.24) is 10.2 Å². The van der Waals surface area contributed by atoms with E-state index in [2.05, 4.69) is 27.3 Å². The number of nitrogens with one attached hydrogen (secondary N) is 1. The fourth-order valence-electron chi connectivity index (χ4n) is 3.45. The normalized spacial score (nSPS) is 22.2. The summed E-state index contributed by atoms with van der Waals surface area (Å²) in [4.78, 5) is 34.1. The highest BCUT2D eigenvalue weighted by Crippen LogP contribution is 2.27. The number of hydrogen-bond donors (Lipinski definition) is 3. The van der Waals surface area contributed by atoms with Crippen molar-refractivity contribution in [3.8, 4) is 11.8 Å². The van der Waals surface area contributed by atoms with Crippen LogP contribution in [0.4, 0.5) is 13.2 Å². The summed E-state index contributed by atoms with van der Waals surface area (Å²) >= 11 is 3.32. The molecular weight excluding hydrogens is 515 g/mol. The average Bonchev–Trinajstić information content (AvgIpc) is 3.41. The smallest absolute Gasteiger partial charge is 0.490 e. The van der Waals surface area contributed by atoms with Crippen molar-refractivity contribution < 1.29 is 42.5 Å². The molecule has 2 saturated heterocycles. The largest absolute Gasteiger partial charge is 0.491 e. The minimum Gasteiger partial charge on any atom is -0.491 e. The molecule has 1 aromatic rings. The van der Waals surface area contributed by atoms with E-state index in [1.165, 1.54) is 12.1 Å². The van der Waals surface area contributed by atoms with E-state index < -0.39 is 18.1 Å². The third kappa shape index (κ3) is 7.33. The summed E-state index contributed by atoms with van der Waals surface area (Å²) in [5, 5.41) is 28.5. The number of rotatable bonds is 5. The Labute approximate surface area is 195 Å². The van der Waals surface area contributed by atoms with Crippen molar-refractivity contribution in [2.45, 2.75) is 50.0 Å². The van der Waals surface area contributed by atoms with Crippen molar-refractivity contribution in [3.63, 3.8) is 0 Å². The number of likely N-dealkylation sites (tertiary alicyclic amines) is 1. The molecule has 0 unspecified atom stereocenters. The summed E-state index contributed by atoms with van der Waals surface area (Å²) in [7, 11) is 0. The van der Waals surface area contributed by atoms with Crippen LogP contribution in [0, 0.1) is 11.3 Å². The maximum atomic E-state index is 12.6. The number of carboxylic acid groups (broad SMARTS) is 2. The molecule has 0 bridgehead atoms. The minimum absolute atomic E-state index is 0.00328. The van der Waals surface area contributed by atoms with Crippen LogP contribution in [-0.2, 0) is 9.59 Å². The van der Waals surface area contributed by atoms with Crippen molar-refractivity contribution >= 4 is 33.8 Å². The van der Waals surface area contributed by atoms with Crippen LogP contribution in [-0.4, -0.2) is 70.4 Å². The summed E-state index contributed by atoms with van der Waals surface area (Å²) in [5.41, 5.74) is 0.187. The van der Waals surface area contributed by atoms with Crippen LogP contribution < -0.4 is 10.1 Å². The van der Waals surface area contributed by atoms with E-state index in [0.29, 0.717) is 23.4 Å². The fourth-order valence-corrected chi connectivity index (χ4v) is 3.94. The van der Waals surface area contributed by atoms with Gasteiger partial charge in [0.1, 0.15) is 18.4 Å². The number of nitriles is 1. The molecule has 13 heteroatoms. The fraction of sp³-hybridized carbons (Fsp3) is 0.500. The van der Waals surface area contributed by atoms with Crippen LogP contribution in [0.3, 0.4) is 0 Å². The minimum atomic E-state index is -5.08. The van der Waals surface area contributed by atoms with Crippen LogP contribution in [0.2, 0.25) is 0 Å². The zero-order valence-electron chi connectivity index (χ0n) is 17.1. The summed E-state index contributed by atoms with van der Waals surface area (Å²) in [6.45, 7) is 1.04. The molecule has 3 rings (SSSR count). The lowest BCUT2D eigenvalue weighted by Crippen LogP contribution is -2.47. The number of aliphatic carboxylic acids is 1. The monoisotopic (exact) mass is 535 g/mol. The van der Waals surface area contributed by atoms with Gasteiger partial charge in [0.15, 0.2) is 0 Å². The Morgan fingerprint density at radius 2 is 1.91 bits per heavy atom. The van der Waals surface area contributed by atoms with Gasteiger partial charge in [0.25, 0.3) is 0 Å². The summed E-state index contributed by atoms with van der Waals surface area (Å²) in [6, 6.07) is 6.28. The number of amides is 1. The van der Waals surface area contributed by atoms with Gasteiger partial charge in [0, 0.05) is 12.6 Å². The number of carbonyl (C=O) groups excluding carboxylic acids is 1. The molecule has 33 heavy (non-hydrogen) atoms. The second-order valence-corrected chi connectivity index (χ2v) is 8.23. The molecule has 180 valence electrons. The van der Waals surface area contributed by atoms with E-state index in [9.17, 15) is 22.8 Å². The zero-order valence-corrected chi connectivity index (χ0v) is 18.7. The molecule has 0 spiro atoms. The van der Waals surface area contributed by atoms with Crippen molar-refractivity contribution in [2.24, 2.45) is 0 Å². The molecule has 9 nitrogen and oxygen atoms in total. The first-order valence-corrected chi connectivity index (χ1v) is 10.6. The van der Waals surface area contributed by atoms with Crippen LogP contribution in [0.25, 0.3) is 0 Å². The number of aromatic carboxylic acids is 1. The maximum absolute atomic E-state index is 12.6. The maximum Gasteiger partial charge on any atom is 0.490 e. The highest BCUT2D eigenvalue weighted by Gasteiger charge is 2.38. The third-order valence-corrected chi connectivity index (χ3v) is 5.70. The van der Waals surface area contributed by atoms with Gasteiger partial charge in [-0.2, -0.15) is 18.4 Å². The van der Waals surface area contributed by atoms with Crippen LogP contribution >= 0.6 is 15.9 Å². The van der Waals surface area contributed by atoms with E-state index in [-0.39, 0.29) is 29.6 Å². The molecule has 3 atom stereocenters. The Morgan fingerprint density at radius 1 is 1.24 bits per heavy atom. The van der Waals surface area contributed by atoms with Gasteiger partial charge in [0.2, 0.25) is 5.91 Å². The van der Waals surface area contributed by atoms with Gasteiger partial charge in [-0.05, 0) is 59.8 Å². The van der Waals surface area contributed by atoms with Gasteiger partial charge in [-0.15, -0.1) is 0 Å². The molecule has 0 aliphatic carbocycles. The van der Waals surface area contributed by atoms with Gasteiger partial charge in [0.05, 0.1) is 22.1 Å². The molecule has 0 aromatic heterocycles. The topological polar surface area (TPSA) is 140 Å². The van der Waals surface area contributed by atoms with Crippen LogP contribution in [0.1, 0.15) is 36.0 Å². The molecule has 2 heterocycles. The third-order valence-electron chi connectivity index (χ3n) is 5.09. The van der Waals surface area contributed by atoms with Gasteiger partial charge < -0.3 is 19.8 Å². The standard InChI is InChI=1S/C18H20BrN3O4.C2HF3O2/c19-14-8-11(18(24)25)3-6-16(14)26-10-12-4-5-15(21-12)17(23)22-7-1-2-13(22)9-20;3-2(4,5)1(6)7/h3,6,8,12-13,15,21H,1-2,4-5,7,10H2,(H,24,25);(H,6,7)/t12-,13+,15+;/m1./s1. The van der Waals surface area contributed by atoms with E-state index in [1.807, 2.05) is 0 Å². The molecule has 1 aromatic carbocycles. The Kier molecular flexibility index (Phi) is 9.07. The second kappa shape index (κ2) is 11.3. The Morgan fingerprint density at radius 3 is 2.45 bits per heavy atom. The highest BCUT2D eigenvalue weighted by atomic mass is 79.9. The second-order valence-electron chi connectivity index (χ2n) is 7.38. The molecule has 2 fully saturated rings. The molecule has 0 radical (unpaired) electrons. The first-order chi connectivity index (χ1) is 15.4. The Bertz CT molecular complexity index is 937. The molecule has 2 aliphatic heterocycles. The molecule has 0 saturated carbocycles. The number of carbonyl (C=O) groups is 3. The molecular formula is C20H21BrF3N3O6.